The van der Waals surface area contributed by atoms with Crippen molar-refractivity contribution in [3.8, 4) is 28.7 Å². The number of nitrogens with zero attached hydrogens (tertiary/aromatic N) is 1. The highest BCUT2D eigenvalue weighted by atomic mass is 35.5. The molecule has 0 spiro atoms. The van der Waals surface area contributed by atoms with Crippen molar-refractivity contribution in [2.45, 2.75) is 26.2 Å². The zero-order valence-electron chi connectivity index (χ0n) is 22.0. The Morgan fingerprint density at radius 2 is 1.54 bits per heavy atom. The third-order valence-corrected chi connectivity index (χ3v) is 7.12. The summed E-state index contributed by atoms with van der Waals surface area (Å²) in [6.07, 6.45) is 0.881. The monoisotopic (exact) mass is 580 g/mol. The third-order valence-electron chi connectivity index (χ3n) is 6.56. The van der Waals surface area contributed by atoms with Crippen LogP contribution in [-0.2, 0) is 6.42 Å². The molecule has 4 aromatic carbocycles. The van der Waals surface area contributed by atoms with E-state index in [-0.39, 0.29) is 12.4 Å². The predicted octanol–water partition coefficient (Wildman–Crippen LogP) is 4.18. The normalized spacial score (nSPS) is 11.3. The lowest BCUT2D eigenvalue weighted by Gasteiger charge is -2.18. The van der Waals surface area contributed by atoms with Gasteiger partial charge in [0.05, 0.1) is 28.2 Å². The van der Waals surface area contributed by atoms with E-state index in [2.05, 4.69) is 49.1 Å². The molecule has 0 aliphatic rings. The predicted molar refractivity (Wildman–Crippen MR) is 154 cm³/mol. The van der Waals surface area contributed by atoms with E-state index in [1.54, 1.807) is 0 Å². The van der Waals surface area contributed by atoms with Gasteiger partial charge in [0, 0.05) is 5.92 Å². The van der Waals surface area contributed by atoms with Crippen LogP contribution in [0.5, 0.6) is 11.5 Å². The highest BCUT2D eigenvalue weighted by Crippen LogP contribution is 2.34. The van der Waals surface area contributed by atoms with E-state index < -0.39 is 0 Å². The lowest BCUT2D eigenvalue weighted by Crippen LogP contribution is -3.00. The fourth-order valence-corrected chi connectivity index (χ4v) is 5.34. The first-order valence-electron chi connectivity index (χ1n) is 12.6. The summed E-state index contributed by atoms with van der Waals surface area (Å²) in [5.41, 5.74) is 11.6. The number of benzene rings is 4. The molecule has 0 amide bonds. The van der Waals surface area contributed by atoms with Gasteiger partial charge >= 0.3 is 0 Å². The van der Waals surface area contributed by atoms with Crippen molar-refractivity contribution in [1.82, 2.24) is 0 Å². The van der Waals surface area contributed by atoms with Gasteiger partial charge in [-0.3, -0.25) is 0 Å². The van der Waals surface area contributed by atoms with E-state index in [0.717, 1.165) is 35.4 Å². The Bertz CT molecular complexity index is 1430. The second kappa shape index (κ2) is 14.3. The molecule has 4 aromatic rings. The first-order valence-corrected chi connectivity index (χ1v) is 13.3. The van der Waals surface area contributed by atoms with Crippen LogP contribution in [0.1, 0.15) is 33.7 Å². The SMILES string of the molecule is Cc1cc(Cl)c(OCCOc2ccc(CC(C[NH3+])c3ccc(-c4ccccc4C#N)cc3C)cc2)c(Cl)c1.[Cl-]. The van der Waals surface area contributed by atoms with Crippen LogP contribution in [0.15, 0.2) is 78.9 Å². The Kier molecular flexibility index (Phi) is 11.1. The Hall–Kier alpha value is -3.20. The van der Waals surface area contributed by atoms with Crippen molar-refractivity contribution in [3.63, 3.8) is 0 Å². The maximum absolute atomic E-state index is 9.47. The second-order valence-corrected chi connectivity index (χ2v) is 10.1. The molecule has 4 nitrogen and oxygen atoms in total. The first-order chi connectivity index (χ1) is 18.4. The van der Waals surface area contributed by atoms with E-state index in [1.807, 2.05) is 55.5 Å². The van der Waals surface area contributed by atoms with Gasteiger partial charge in [-0.2, -0.15) is 5.26 Å². The standard InChI is InChI=1S/C32H30Cl2N2O2.ClH/c1-21-15-30(33)32(31(34)16-21)38-14-13-37-27-10-7-23(8-11-27)18-26(20-36)28-12-9-24(17-22(28)2)29-6-4-3-5-25(29)19-35;/h3-12,15-17,26H,13-14,18,20,36H2,1-2H3;1H. The van der Waals surface area contributed by atoms with Crippen molar-refractivity contribution in [2.75, 3.05) is 19.8 Å². The number of nitriles is 1. The largest absolute Gasteiger partial charge is 1.00 e. The molecule has 0 aliphatic heterocycles. The molecule has 0 fully saturated rings. The molecule has 0 aliphatic carbocycles. The summed E-state index contributed by atoms with van der Waals surface area (Å²) >= 11 is 12.5. The fourth-order valence-electron chi connectivity index (χ4n) is 4.64. The second-order valence-electron chi connectivity index (χ2n) is 9.32. The minimum atomic E-state index is 0. The van der Waals surface area contributed by atoms with Gasteiger partial charge in [-0.15, -0.1) is 0 Å². The lowest BCUT2D eigenvalue weighted by molar-refractivity contribution is -0.372. The highest BCUT2D eigenvalue weighted by molar-refractivity contribution is 6.37. The highest BCUT2D eigenvalue weighted by Gasteiger charge is 2.17. The average molecular weight is 582 g/mol. The molecule has 0 saturated heterocycles. The third kappa shape index (κ3) is 7.68. The van der Waals surface area contributed by atoms with Gasteiger partial charge in [-0.05, 0) is 84.0 Å². The zero-order chi connectivity index (χ0) is 27.1. The topological polar surface area (TPSA) is 69.9 Å². The Morgan fingerprint density at radius 3 is 2.18 bits per heavy atom. The van der Waals surface area contributed by atoms with Crippen LogP contribution in [-0.4, -0.2) is 19.8 Å². The number of aryl methyl sites for hydroxylation is 2. The molecule has 3 N–H and O–H groups in total. The molecule has 39 heavy (non-hydrogen) atoms. The van der Waals surface area contributed by atoms with Crippen LogP contribution in [0.2, 0.25) is 10.0 Å². The molecule has 0 saturated carbocycles. The Labute approximate surface area is 246 Å². The summed E-state index contributed by atoms with van der Waals surface area (Å²) in [4.78, 5) is 0. The number of quaternary nitrogens is 1. The van der Waals surface area contributed by atoms with Crippen molar-refractivity contribution in [1.29, 1.82) is 5.26 Å². The van der Waals surface area contributed by atoms with Crippen LogP contribution in [0.25, 0.3) is 11.1 Å². The van der Waals surface area contributed by atoms with Crippen molar-refractivity contribution in [3.05, 3.63) is 117 Å². The molecule has 202 valence electrons. The molecule has 1 atom stereocenters. The van der Waals surface area contributed by atoms with E-state index in [1.165, 1.54) is 16.7 Å². The van der Waals surface area contributed by atoms with E-state index >= 15 is 0 Å². The summed E-state index contributed by atoms with van der Waals surface area (Å²) < 4.78 is 11.6. The molecule has 0 bridgehead atoms. The number of halogens is 3. The quantitative estimate of drug-likeness (QED) is 0.286. The smallest absolute Gasteiger partial charge is 0.156 e. The fraction of sp³-hybridized carbons (Fsp3) is 0.219. The summed E-state index contributed by atoms with van der Waals surface area (Å²) in [7, 11) is 0. The number of ether oxygens (including phenoxy) is 2. The van der Waals surface area contributed by atoms with Crippen LogP contribution in [0.4, 0.5) is 0 Å². The van der Waals surface area contributed by atoms with Gasteiger partial charge in [0.25, 0.3) is 0 Å². The minimum absolute atomic E-state index is 0. The van der Waals surface area contributed by atoms with Crippen LogP contribution in [0.3, 0.4) is 0 Å². The van der Waals surface area contributed by atoms with Gasteiger partial charge < -0.3 is 27.6 Å². The van der Waals surface area contributed by atoms with Crippen LogP contribution >= 0.6 is 23.2 Å². The average Bonchev–Trinajstić information content (AvgIpc) is 2.91. The van der Waals surface area contributed by atoms with Crippen LogP contribution < -0.4 is 27.6 Å². The van der Waals surface area contributed by atoms with Crippen molar-refractivity contribution >= 4 is 23.2 Å². The summed E-state index contributed by atoms with van der Waals surface area (Å²) in [5.74, 6) is 1.55. The first kappa shape index (κ1) is 30.3. The van der Waals surface area contributed by atoms with Gasteiger partial charge in [0.15, 0.2) is 5.75 Å². The molecule has 7 heteroatoms. The molecule has 0 radical (unpaired) electrons. The molecule has 4 rings (SSSR count). The molecule has 0 aromatic heterocycles. The number of hydrogen-bond acceptors (Lipinski definition) is 3. The van der Waals surface area contributed by atoms with E-state index in [0.29, 0.717) is 40.5 Å². The molecule has 0 heterocycles. The summed E-state index contributed by atoms with van der Waals surface area (Å²) in [6.45, 7) is 5.56. The van der Waals surface area contributed by atoms with Gasteiger partial charge in [0.1, 0.15) is 19.0 Å². The molecule has 1 unspecified atom stereocenters. The zero-order valence-corrected chi connectivity index (χ0v) is 24.3. The Balaban J connectivity index is 0.00000420. The van der Waals surface area contributed by atoms with Gasteiger partial charge in [-0.1, -0.05) is 71.7 Å². The summed E-state index contributed by atoms with van der Waals surface area (Å²) in [5, 5.41) is 10.5. The van der Waals surface area contributed by atoms with Crippen LogP contribution in [0, 0.1) is 25.2 Å². The number of hydrogen-bond donors (Lipinski definition) is 1. The Morgan fingerprint density at radius 1 is 0.872 bits per heavy atom. The summed E-state index contributed by atoms with van der Waals surface area (Å²) in [6, 6.07) is 28.3. The molecular formula is C32H31Cl3N2O2. The van der Waals surface area contributed by atoms with Crippen molar-refractivity contribution < 1.29 is 27.6 Å². The maximum Gasteiger partial charge on any atom is 0.156 e. The lowest BCUT2D eigenvalue weighted by atomic mass is 9.87. The van der Waals surface area contributed by atoms with Crippen molar-refractivity contribution in [2.24, 2.45) is 0 Å². The van der Waals surface area contributed by atoms with Gasteiger partial charge in [-0.25, -0.2) is 0 Å². The number of rotatable bonds is 10. The van der Waals surface area contributed by atoms with E-state index in [9.17, 15) is 5.26 Å². The maximum atomic E-state index is 9.47. The molecular weight excluding hydrogens is 551 g/mol. The minimum Gasteiger partial charge on any atom is -1.00 e. The van der Waals surface area contributed by atoms with E-state index in [4.69, 9.17) is 32.7 Å². The van der Waals surface area contributed by atoms with Gasteiger partial charge in [0.2, 0.25) is 0 Å².